The van der Waals surface area contributed by atoms with Crippen molar-refractivity contribution in [1.29, 1.82) is 0 Å². The van der Waals surface area contributed by atoms with Gasteiger partial charge in [0.2, 0.25) is 0 Å². The number of aromatic nitrogens is 4. The third-order valence-electron chi connectivity index (χ3n) is 14.2. The molecule has 0 unspecified atom stereocenters. The molecule has 0 atom stereocenters. The molecule has 316 valence electrons. The van der Waals surface area contributed by atoms with Crippen molar-refractivity contribution in [3.63, 3.8) is 0 Å². The number of ether oxygens (including phenoxy) is 1. The zero-order valence-corrected chi connectivity index (χ0v) is 36.9. The first-order valence-corrected chi connectivity index (χ1v) is 23.5. The second-order valence-corrected chi connectivity index (χ2v) is 18.7. The lowest BCUT2D eigenvalue weighted by Crippen LogP contribution is -2.33. The SMILES string of the molecule is [C-]#[N+]c1ccc2c(c1)c1ccccc1n2-c1cccc2c1C1(c3ccc(-n4c5ccccc5c5cc(N6c7ccccc7Sc7ccccc76)ccc54)cc3O2)c2cccnc2-c2ncccc21. The summed E-state index contributed by atoms with van der Waals surface area (Å²) in [4.78, 5) is 18.8. The third-order valence-corrected chi connectivity index (χ3v) is 15.4. The second kappa shape index (κ2) is 13.8. The summed E-state index contributed by atoms with van der Waals surface area (Å²) in [5, 5.41) is 4.45. The van der Waals surface area contributed by atoms with Crippen LogP contribution < -0.4 is 9.64 Å². The van der Waals surface area contributed by atoms with Crippen molar-refractivity contribution in [3.05, 3.63) is 240 Å². The molecule has 12 aromatic rings. The fourth-order valence-corrected chi connectivity index (χ4v) is 12.7. The highest BCUT2D eigenvalue weighted by atomic mass is 32.2. The number of anilines is 3. The van der Waals surface area contributed by atoms with Crippen LogP contribution in [0.4, 0.5) is 22.7 Å². The van der Waals surface area contributed by atoms with E-state index in [2.05, 4.69) is 189 Å². The van der Waals surface area contributed by atoms with Crippen LogP contribution in [0, 0.1) is 6.57 Å². The van der Waals surface area contributed by atoms with Crippen LogP contribution in [0.25, 0.3) is 71.2 Å². The first-order chi connectivity index (χ1) is 33.7. The molecule has 6 heterocycles. The molecule has 0 radical (unpaired) electrons. The Bertz CT molecular complexity index is 4120. The smallest absolute Gasteiger partial charge is 0.188 e. The molecule has 0 amide bonds. The summed E-state index contributed by atoms with van der Waals surface area (Å²) in [6.07, 6.45) is 3.73. The lowest BCUT2D eigenvalue weighted by atomic mass is 9.65. The topological polar surface area (TPSA) is 52.5 Å². The molecule has 8 aromatic carbocycles. The summed E-state index contributed by atoms with van der Waals surface area (Å²) in [6.45, 7) is 7.86. The van der Waals surface area contributed by atoms with Crippen LogP contribution in [0.2, 0.25) is 0 Å². The Morgan fingerprint density at radius 1 is 0.456 bits per heavy atom. The largest absolute Gasteiger partial charge is 0.457 e. The lowest BCUT2D eigenvalue weighted by molar-refractivity contribution is 0.435. The summed E-state index contributed by atoms with van der Waals surface area (Å²) in [6, 6.07) is 69.0. The number of pyridine rings is 2. The Morgan fingerprint density at radius 2 is 1.04 bits per heavy atom. The maximum absolute atomic E-state index is 7.86. The van der Waals surface area contributed by atoms with E-state index in [4.69, 9.17) is 21.3 Å². The Hall–Kier alpha value is -8.90. The molecule has 3 aliphatic rings. The molecule has 0 bridgehead atoms. The van der Waals surface area contributed by atoms with Gasteiger partial charge in [-0.1, -0.05) is 103 Å². The van der Waals surface area contributed by atoms with Gasteiger partial charge in [-0.2, -0.15) is 0 Å². The Labute approximate surface area is 394 Å². The van der Waals surface area contributed by atoms with E-state index >= 15 is 0 Å². The van der Waals surface area contributed by atoms with Crippen LogP contribution in [0.3, 0.4) is 0 Å². The molecule has 0 saturated heterocycles. The van der Waals surface area contributed by atoms with Crippen LogP contribution in [0.5, 0.6) is 11.5 Å². The van der Waals surface area contributed by atoms with E-state index in [0.29, 0.717) is 5.69 Å². The Kier molecular flexibility index (Phi) is 7.58. The Morgan fingerprint density at radius 3 is 1.76 bits per heavy atom. The summed E-state index contributed by atoms with van der Waals surface area (Å²) in [5.41, 5.74) is 15.3. The van der Waals surface area contributed by atoms with Gasteiger partial charge in [0.15, 0.2) is 5.69 Å². The molecule has 0 saturated carbocycles. The monoisotopic (exact) mass is 886 g/mol. The van der Waals surface area contributed by atoms with Gasteiger partial charge in [-0.05, 0) is 114 Å². The van der Waals surface area contributed by atoms with Crippen LogP contribution in [0.15, 0.2) is 216 Å². The highest BCUT2D eigenvalue weighted by Crippen LogP contribution is 2.63. The number of hydrogen-bond donors (Lipinski definition) is 0. The van der Waals surface area contributed by atoms with Gasteiger partial charge in [0.05, 0.1) is 62.5 Å². The number of benzene rings is 8. The van der Waals surface area contributed by atoms with Crippen molar-refractivity contribution in [1.82, 2.24) is 19.1 Å². The molecule has 0 fully saturated rings. The van der Waals surface area contributed by atoms with E-state index in [1.165, 1.54) is 31.9 Å². The van der Waals surface area contributed by atoms with Crippen molar-refractivity contribution in [3.8, 4) is 34.3 Å². The minimum Gasteiger partial charge on any atom is -0.457 e. The van der Waals surface area contributed by atoms with E-state index in [9.17, 15) is 0 Å². The van der Waals surface area contributed by atoms with Crippen LogP contribution >= 0.6 is 11.8 Å². The van der Waals surface area contributed by atoms with Gasteiger partial charge in [0.25, 0.3) is 0 Å². The quantitative estimate of drug-likeness (QED) is 0.165. The standard InChI is InChI=1S/C60H34N6OS/c1-61-36-25-29-49-41(33-36)39-13-3-5-18-47(39)66(49)52-21-10-22-53-57(52)60(44-15-11-31-62-58(44)59-45(60)16-12-32-63-59)43-28-26-38(35-54(43)67-53)64-46-17-4-2-14-40(46)42-34-37(27-30-48(42)64)65-50-19-6-8-23-55(50)68-56-24-9-7-20-51(56)65/h2-35H. The predicted molar refractivity (Wildman–Crippen MR) is 273 cm³/mol. The maximum atomic E-state index is 7.86. The minimum absolute atomic E-state index is 0.609. The molecule has 8 heteroatoms. The normalized spacial score (nSPS) is 13.7. The first-order valence-electron chi connectivity index (χ1n) is 22.7. The molecular formula is C60H34N6OS. The first kappa shape index (κ1) is 37.3. The van der Waals surface area contributed by atoms with Gasteiger partial charge in [-0.15, -0.1) is 0 Å². The van der Waals surface area contributed by atoms with Gasteiger partial charge in [-0.3, -0.25) is 9.97 Å². The second-order valence-electron chi connectivity index (χ2n) is 17.6. The van der Waals surface area contributed by atoms with Crippen molar-refractivity contribution in [2.45, 2.75) is 15.2 Å². The third kappa shape index (κ3) is 4.87. The number of hydrogen-bond acceptors (Lipinski definition) is 5. The number of rotatable bonds is 3. The number of nitrogens with zero attached hydrogens (tertiary/aromatic N) is 6. The van der Waals surface area contributed by atoms with Gasteiger partial charge >= 0.3 is 0 Å². The molecule has 7 nitrogen and oxygen atoms in total. The van der Waals surface area contributed by atoms with Crippen molar-refractivity contribution >= 4 is 78.1 Å². The molecule has 15 rings (SSSR count). The molecule has 4 aromatic heterocycles. The van der Waals surface area contributed by atoms with E-state index in [1.807, 2.05) is 48.4 Å². The molecule has 68 heavy (non-hydrogen) atoms. The van der Waals surface area contributed by atoms with Crippen molar-refractivity contribution in [2.24, 2.45) is 0 Å². The minimum atomic E-state index is -0.853. The summed E-state index contributed by atoms with van der Waals surface area (Å²) in [7, 11) is 0. The molecule has 0 N–H and O–H groups in total. The van der Waals surface area contributed by atoms with Gasteiger partial charge in [0.1, 0.15) is 11.5 Å². The van der Waals surface area contributed by atoms with E-state index in [0.717, 1.165) is 95.0 Å². The number of fused-ring (bicyclic) bond motifs is 17. The van der Waals surface area contributed by atoms with Crippen LogP contribution in [-0.4, -0.2) is 19.1 Å². The summed E-state index contributed by atoms with van der Waals surface area (Å²) < 4.78 is 12.0. The highest BCUT2D eigenvalue weighted by Gasteiger charge is 2.54. The number of para-hydroxylation sites is 4. The zero-order valence-electron chi connectivity index (χ0n) is 36.1. The average Bonchev–Trinajstić information content (AvgIpc) is 4.01. The molecular weight excluding hydrogens is 853 g/mol. The fourth-order valence-electron chi connectivity index (χ4n) is 11.6. The fraction of sp³-hybridized carbons (Fsp3) is 0.0167. The molecule has 2 aliphatic heterocycles. The summed E-state index contributed by atoms with van der Waals surface area (Å²) in [5.74, 6) is 1.53. The van der Waals surface area contributed by atoms with E-state index in [-0.39, 0.29) is 0 Å². The predicted octanol–water partition coefficient (Wildman–Crippen LogP) is 15.6. The summed E-state index contributed by atoms with van der Waals surface area (Å²) >= 11 is 1.82. The van der Waals surface area contributed by atoms with Crippen molar-refractivity contribution in [2.75, 3.05) is 4.90 Å². The lowest BCUT2D eigenvalue weighted by Gasteiger charge is -2.40. The van der Waals surface area contributed by atoms with Crippen molar-refractivity contribution < 1.29 is 4.74 Å². The van der Waals surface area contributed by atoms with Gasteiger partial charge < -0.3 is 18.8 Å². The molecule has 1 spiro atoms. The average molecular weight is 887 g/mol. The van der Waals surface area contributed by atoms with Gasteiger partial charge in [0, 0.05) is 66.9 Å². The Balaban J connectivity index is 0.972. The van der Waals surface area contributed by atoms with Crippen LogP contribution in [-0.2, 0) is 5.41 Å². The van der Waals surface area contributed by atoms with Crippen LogP contribution in [0.1, 0.15) is 22.3 Å². The van der Waals surface area contributed by atoms with Gasteiger partial charge in [-0.25, -0.2) is 4.85 Å². The molecule has 1 aliphatic carbocycles. The van der Waals surface area contributed by atoms with E-state index in [1.54, 1.807) is 0 Å². The maximum Gasteiger partial charge on any atom is 0.188 e. The highest BCUT2D eigenvalue weighted by molar-refractivity contribution is 7.99. The zero-order chi connectivity index (χ0) is 44.7. The van der Waals surface area contributed by atoms with E-state index < -0.39 is 5.41 Å².